The van der Waals surface area contributed by atoms with Gasteiger partial charge < -0.3 is 0 Å². The topological polar surface area (TPSA) is 0 Å². The maximum Gasteiger partial charge on any atom is 0.0164 e. The molecule has 0 amide bonds. The van der Waals surface area contributed by atoms with Crippen molar-refractivity contribution in [3.05, 3.63) is 56.6 Å². The summed E-state index contributed by atoms with van der Waals surface area (Å²) >= 11 is 0. The molecule has 0 bridgehead atoms. The normalized spacial score (nSPS) is 15.0. The summed E-state index contributed by atoms with van der Waals surface area (Å²) in [5.41, 5.74) is 14.8. The van der Waals surface area contributed by atoms with Crippen LogP contribution in [0.4, 0.5) is 0 Å². The maximum absolute atomic E-state index is 2.39. The van der Waals surface area contributed by atoms with Crippen molar-refractivity contribution < 1.29 is 0 Å². The zero-order valence-electron chi connectivity index (χ0n) is 14.7. The minimum Gasteiger partial charge on any atom is -0.0558 e. The Balaban J connectivity index is 2.59. The summed E-state index contributed by atoms with van der Waals surface area (Å²) in [7, 11) is 0. The Hall–Kier alpha value is -1.56. The number of aryl methyl sites for hydroxylation is 4. The first kappa shape index (κ1) is 14.4. The second kappa shape index (κ2) is 4.22. The molecule has 0 radical (unpaired) electrons. The molecule has 2 aromatic carbocycles. The molecule has 0 saturated heterocycles. The van der Waals surface area contributed by atoms with Crippen LogP contribution >= 0.6 is 0 Å². The SMILES string of the molecule is Cc1cc(C)c2c(c1C)-c1c(C)c(C)cc(C)c1C2(C)C. The van der Waals surface area contributed by atoms with Crippen molar-refractivity contribution in [2.75, 3.05) is 0 Å². The van der Waals surface area contributed by atoms with E-state index in [9.17, 15) is 0 Å². The van der Waals surface area contributed by atoms with E-state index in [1.165, 1.54) is 55.6 Å². The smallest absolute Gasteiger partial charge is 0.0164 e. The lowest BCUT2D eigenvalue weighted by molar-refractivity contribution is 0.650. The van der Waals surface area contributed by atoms with E-state index >= 15 is 0 Å². The lowest BCUT2D eigenvalue weighted by Gasteiger charge is -2.26. The minimum absolute atomic E-state index is 0.107. The molecule has 0 aliphatic heterocycles. The van der Waals surface area contributed by atoms with Gasteiger partial charge in [0.2, 0.25) is 0 Å². The van der Waals surface area contributed by atoms with Gasteiger partial charge in [-0.25, -0.2) is 0 Å². The fraction of sp³-hybridized carbons (Fsp3) is 0.429. The van der Waals surface area contributed by atoms with Gasteiger partial charge in [-0.3, -0.25) is 0 Å². The quantitative estimate of drug-likeness (QED) is 0.567. The van der Waals surface area contributed by atoms with Crippen molar-refractivity contribution in [2.45, 2.75) is 60.8 Å². The summed E-state index contributed by atoms with van der Waals surface area (Å²) in [5, 5.41) is 0. The molecule has 1 aliphatic carbocycles. The van der Waals surface area contributed by atoms with Crippen LogP contribution in [0, 0.1) is 41.5 Å². The van der Waals surface area contributed by atoms with E-state index in [0.717, 1.165) is 0 Å². The van der Waals surface area contributed by atoms with Crippen molar-refractivity contribution in [2.24, 2.45) is 0 Å². The third-order valence-corrected chi connectivity index (χ3v) is 5.59. The number of benzene rings is 2. The molecule has 0 fully saturated rings. The van der Waals surface area contributed by atoms with E-state index in [4.69, 9.17) is 0 Å². The van der Waals surface area contributed by atoms with Crippen LogP contribution in [0.3, 0.4) is 0 Å². The minimum atomic E-state index is 0.107. The van der Waals surface area contributed by atoms with E-state index in [0.29, 0.717) is 0 Å². The van der Waals surface area contributed by atoms with Gasteiger partial charge in [0.05, 0.1) is 0 Å². The number of hydrogen-bond acceptors (Lipinski definition) is 0. The second-order valence-electron chi connectivity index (χ2n) is 7.40. The van der Waals surface area contributed by atoms with Gasteiger partial charge in [-0.05, 0) is 97.2 Å². The van der Waals surface area contributed by atoms with Gasteiger partial charge in [-0.2, -0.15) is 0 Å². The lowest BCUT2D eigenvalue weighted by Crippen LogP contribution is -2.18. The van der Waals surface area contributed by atoms with Gasteiger partial charge in [0, 0.05) is 5.41 Å². The number of fused-ring (bicyclic) bond motifs is 3. The van der Waals surface area contributed by atoms with Crippen molar-refractivity contribution in [3.8, 4) is 11.1 Å². The van der Waals surface area contributed by atoms with Gasteiger partial charge in [0.1, 0.15) is 0 Å². The Labute approximate surface area is 129 Å². The first-order chi connectivity index (χ1) is 9.67. The summed E-state index contributed by atoms with van der Waals surface area (Å²) in [4.78, 5) is 0. The second-order valence-corrected chi connectivity index (χ2v) is 7.40. The lowest BCUT2D eigenvalue weighted by atomic mass is 9.77. The summed E-state index contributed by atoms with van der Waals surface area (Å²) in [5.74, 6) is 0. The van der Waals surface area contributed by atoms with Crippen LogP contribution < -0.4 is 0 Å². The van der Waals surface area contributed by atoms with Gasteiger partial charge in [0.25, 0.3) is 0 Å². The molecule has 0 heteroatoms. The third kappa shape index (κ3) is 1.68. The maximum atomic E-state index is 2.39. The predicted molar refractivity (Wildman–Crippen MR) is 92.4 cm³/mol. The summed E-state index contributed by atoms with van der Waals surface area (Å²) < 4.78 is 0. The summed E-state index contributed by atoms with van der Waals surface area (Å²) in [6.45, 7) is 18.4. The molecular weight excluding hydrogens is 252 g/mol. The van der Waals surface area contributed by atoms with Crippen LogP contribution in [0.25, 0.3) is 11.1 Å². The van der Waals surface area contributed by atoms with Crippen LogP contribution in [0.2, 0.25) is 0 Å². The summed E-state index contributed by atoms with van der Waals surface area (Å²) in [6, 6.07) is 4.72. The summed E-state index contributed by atoms with van der Waals surface area (Å²) in [6.07, 6.45) is 0. The molecule has 0 heterocycles. The molecule has 1 aliphatic rings. The zero-order chi connectivity index (χ0) is 15.7. The fourth-order valence-corrected chi connectivity index (χ4v) is 4.53. The molecule has 110 valence electrons. The van der Waals surface area contributed by atoms with Gasteiger partial charge in [0.15, 0.2) is 0 Å². The van der Waals surface area contributed by atoms with E-state index in [-0.39, 0.29) is 5.41 Å². The van der Waals surface area contributed by atoms with E-state index in [2.05, 4.69) is 67.5 Å². The van der Waals surface area contributed by atoms with Crippen LogP contribution in [0.1, 0.15) is 58.4 Å². The van der Waals surface area contributed by atoms with E-state index in [1.54, 1.807) is 0 Å². The Kier molecular flexibility index (Phi) is 2.89. The third-order valence-electron chi connectivity index (χ3n) is 5.59. The van der Waals surface area contributed by atoms with Crippen LogP contribution in [0.5, 0.6) is 0 Å². The molecule has 0 atom stereocenters. The molecular formula is C21H26. The molecule has 0 nitrogen and oxygen atoms in total. The Morgan fingerprint density at radius 2 is 0.905 bits per heavy atom. The largest absolute Gasteiger partial charge is 0.0558 e. The predicted octanol–water partition coefficient (Wildman–Crippen LogP) is 5.84. The standard InChI is InChI=1S/C21H26/c1-11-9-13(3)19-17(15(11)5)18-16(6)12(2)10-14(4)20(18)21(19,7)8/h9-10H,1-8H3. The Bertz CT molecular complexity index is 708. The first-order valence-electron chi connectivity index (χ1n) is 7.90. The number of rotatable bonds is 0. The highest BCUT2D eigenvalue weighted by Gasteiger charge is 2.40. The molecule has 0 N–H and O–H groups in total. The highest BCUT2D eigenvalue weighted by molar-refractivity contribution is 5.88. The van der Waals surface area contributed by atoms with Crippen LogP contribution in [-0.4, -0.2) is 0 Å². The Morgan fingerprint density at radius 1 is 0.571 bits per heavy atom. The highest BCUT2D eigenvalue weighted by Crippen LogP contribution is 2.54. The van der Waals surface area contributed by atoms with Gasteiger partial charge >= 0.3 is 0 Å². The molecule has 21 heavy (non-hydrogen) atoms. The average Bonchev–Trinajstić information content (AvgIpc) is 2.62. The molecule has 2 aromatic rings. The van der Waals surface area contributed by atoms with Crippen LogP contribution in [0.15, 0.2) is 12.1 Å². The van der Waals surface area contributed by atoms with Crippen molar-refractivity contribution in [1.29, 1.82) is 0 Å². The van der Waals surface area contributed by atoms with E-state index in [1.807, 2.05) is 0 Å². The van der Waals surface area contributed by atoms with E-state index < -0.39 is 0 Å². The molecule has 3 rings (SSSR count). The van der Waals surface area contributed by atoms with Crippen molar-refractivity contribution in [1.82, 2.24) is 0 Å². The van der Waals surface area contributed by atoms with Gasteiger partial charge in [-0.15, -0.1) is 0 Å². The van der Waals surface area contributed by atoms with Crippen molar-refractivity contribution >= 4 is 0 Å². The number of hydrogen-bond donors (Lipinski definition) is 0. The van der Waals surface area contributed by atoms with Gasteiger partial charge in [-0.1, -0.05) is 26.0 Å². The monoisotopic (exact) mass is 278 g/mol. The molecule has 0 aromatic heterocycles. The molecule has 0 spiro atoms. The van der Waals surface area contributed by atoms with Crippen LogP contribution in [-0.2, 0) is 5.41 Å². The highest BCUT2D eigenvalue weighted by atomic mass is 14.4. The van der Waals surface area contributed by atoms with Crippen molar-refractivity contribution in [3.63, 3.8) is 0 Å². The molecule has 0 unspecified atom stereocenters. The molecule has 0 saturated carbocycles. The average molecular weight is 278 g/mol. The fourth-order valence-electron chi connectivity index (χ4n) is 4.53. The first-order valence-corrected chi connectivity index (χ1v) is 7.90. The zero-order valence-corrected chi connectivity index (χ0v) is 14.7. The Morgan fingerprint density at radius 3 is 1.24 bits per heavy atom.